The highest BCUT2D eigenvalue weighted by molar-refractivity contribution is 5.05. The van der Waals surface area contributed by atoms with Gasteiger partial charge in [0.05, 0.1) is 0 Å². The van der Waals surface area contributed by atoms with E-state index in [1.807, 2.05) is 41.8 Å². The van der Waals surface area contributed by atoms with Crippen molar-refractivity contribution >= 4 is 6.20 Å². The van der Waals surface area contributed by atoms with E-state index in [1.54, 1.807) is 6.20 Å². The highest BCUT2D eigenvalue weighted by Gasteiger charge is 2.23. The summed E-state index contributed by atoms with van der Waals surface area (Å²) in [6.45, 7) is 1.87. The number of hydrogen-bond donors (Lipinski definition) is 0. The molecule has 0 saturated carbocycles. The van der Waals surface area contributed by atoms with Crippen molar-refractivity contribution < 1.29 is 9.00 Å². The minimum absolute atomic E-state index is 0.0788. The van der Waals surface area contributed by atoms with E-state index in [1.165, 1.54) is 0 Å². The molecule has 0 spiro atoms. The highest BCUT2D eigenvalue weighted by Crippen LogP contribution is 1.90. The second-order valence-electron chi connectivity index (χ2n) is 2.91. The topological polar surface area (TPSA) is 26.0 Å². The molecule has 0 fully saturated rings. The normalized spacial score (nSPS) is 20.8. The minimum Gasteiger partial charge on any atom is -0.159 e. The van der Waals surface area contributed by atoms with Gasteiger partial charge in [-0.2, -0.15) is 4.24 Å². The zero-order valence-electron chi connectivity index (χ0n) is 6.84. The third-order valence-corrected chi connectivity index (χ3v) is 1.96. The standard InChI is InChI=1S/C9H10N2O/c1-8-6-10-5-3-2-4-9(10)7-11(8)12/h2-8H,1H3/q+2. The summed E-state index contributed by atoms with van der Waals surface area (Å²) in [5.41, 5.74) is 0. The van der Waals surface area contributed by atoms with Gasteiger partial charge in [0.2, 0.25) is 6.21 Å². The molecule has 2 rings (SSSR count). The molecule has 0 radical (unpaired) electrons. The van der Waals surface area contributed by atoms with Crippen molar-refractivity contribution in [1.82, 2.24) is 0 Å². The molecule has 1 aromatic rings. The van der Waals surface area contributed by atoms with Crippen LogP contribution in [-0.4, -0.2) is 10.8 Å². The molecular weight excluding hydrogens is 152 g/mol. The van der Waals surface area contributed by atoms with Gasteiger partial charge in [0, 0.05) is 28.7 Å². The third-order valence-electron chi connectivity index (χ3n) is 1.96. The lowest BCUT2D eigenvalue weighted by atomic mass is 10.3. The van der Waals surface area contributed by atoms with Crippen LogP contribution < -0.4 is 9.59 Å². The Kier molecular flexibility index (Phi) is 1.50. The Labute approximate surface area is 69.9 Å². The fourth-order valence-electron chi connectivity index (χ4n) is 1.26. The van der Waals surface area contributed by atoms with Gasteiger partial charge in [-0.3, -0.25) is 0 Å². The van der Waals surface area contributed by atoms with E-state index in [9.17, 15) is 4.91 Å². The Hall–Kier alpha value is -1.51. The first kappa shape index (κ1) is 7.16. The first-order valence-electron chi connectivity index (χ1n) is 3.93. The summed E-state index contributed by atoms with van der Waals surface area (Å²) in [6, 6.07) is 5.69. The van der Waals surface area contributed by atoms with Crippen molar-refractivity contribution in [3.05, 3.63) is 40.9 Å². The van der Waals surface area contributed by atoms with Gasteiger partial charge in [-0.15, -0.1) is 0 Å². The van der Waals surface area contributed by atoms with Crippen molar-refractivity contribution in [1.29, 1.82) is 0 Å². The summed E-state index contributed by atoms with van der Waals surface area (Å²) in [6.07, 6.45) is 5.43. The van der Waals surface area contributed by atoms with Crippen LogP contribution in [0.3, 0.4) is 0 Å². The van der Waals surface area contributed by atoms with Gasteiger partial charge in [0.1, 0.15) is 0 Å². The SMILES string of the molecule is CC1C=[n+]2ccccc2=C[N+]1=O. The van der Waals surface area contributed by atoms with Crippen molar-refractivity contribution in [2.75, 3.05) is 0 Å². The van der Waals surface area contributed by atoms with Gasteiger partial charge in [0.25, 0.3) is 17.6 Å². The van der Waals surface area contributed by atoms with E-state index in [2.05, 4.69) is 0 Å². The van der Waals surface area contributed by atoms with Crippen LogP contribution >= 0.6 is 0 Å². The smallest absolute Gasteiger partial charge is 0.159 e. The fraction of sp³-hybridized carbons (Fsp3) is 0.222. The van der Waals surface area contributed by atoms with Gasteiger partial charge >= 0.3 is 0 Å². The average Bonchev–Trinajstić information content (AvgIpc) is 2.07. The van der Waals surface area contributed by atoms with Crippen LogP contribution in [0.25, 0.3) is 6.20 Å². The van der Waals surface area contributed by atoms with Crippen molar-refractivity contribution in [3.8, 4) is 0 Å². The molecule has 12 heavy (non-hydrogen) atoms. The van der Waals surface area contributed by atoms with Gasteiger partial charge in [-0.05, 0) is 6.07 Å². The predicted molar refractivity (Wildman–Crippen MR) is 43.5 cm³/mol. The first-order chi connectivity index (χ1) is 5.77. The molecule has 0 N–H and O–H groups in total. The largest absolute Gasteiger partial charge is 0.293 e. The second kappa shape index (κ2) is 2.52. The second-order valence-corrected chi connectivity index (χ2v) is 2.91. The fourth-order valence-corrected chi connectivity index (χ4v) is 1.26. The highest BCUT2D eigenvalue weighted by atomic mass is 16.3. The Balaban J connectivity index is 2.79. The van der Waals surface area contributed by atoms with Gasteiger partial charge < -0.3 is 0 Å². The number of fused-ring (bicyclic) bond motifs is 1. The van der Waals surface area contributed by atoms with E-state index in [-0.39, 0.29) is 6.04 Å². The molecule has 2 heterocycles. The van der Waals surface area contributed by atoms with Crippen molar-refractivity contribution in [2.45, 2.75) is 13.0 Å². The number of rotatable bonds is 0. The Morgan fingerprint density at radius 1 is 1.42 bits per heavy atom. The van der Waals surface area contributed by atoms with E-state index < -0.39 is 0 Å². The molecule has 1 atom stereocenters. The van der Waals surface area contributed by atoms with E-state index in [0.717, 1.165) is 10.1 Å². The Morgan fingerprint density at radius 2 is 2.25 bits per heavy atom. The van der Waals surface area contributed by atoms with Crippen molar-refractivity contribution in [3.63, 3.8) is 0 Å². The Morgan fingerprint density at radius 3 is 3.08 bits per heavy atom. The van der Waals surface area contributed by atoms with Crippen LogP contribution in [0, 0.1) is 11.1 Å². The monoisotopic (exact) mass is 162 g/mol. The third kappa shape index (κ3) is 1.03. The number of nitroso groups, excluding NO2 is 1. The van der Waals surface area contributed by atoms with Crippen LogP contribution in [0.2, 0.25) is 0 Å². The average molecular weight is 162 g/mol. The zero-order chi connectivity index (χ0) is 8.55. The maximum atomic E-state index is 11.2. The Bertz CT molecular complexity index is 436. The predicted octanol–water partition coefficient (Wildman–Crippen LogP) is -0.0970. The van der Waals surface area contributed by atoms with E-state index >= 15 is 0 Å². The molecule has 0 aromatic carbocycles. The number of aromatic nitrogens is 1. The molecule has 1 aliphatic rings. The van der Waals surface area contributed by atoms with E-state index in [4.69, 9.17) is 0 Å². The maximum Gasteiger partial charge on any atom is 0.293 e. The van der Waals surface area contributed by atoms with E-state index in [0.29, 0.717) is 0 Å². The molecule has 1 aliphatic heterocycles. The molecule has 0 bridgehead atoms. The van der Waals surface area contributed by atoms with Crippen LogP contribution in [0.1, 0.15) is 6.92 Å². The lowest BCUT2D eigenvalue weighted by Crippen LogP contribution is -2.44. The first-order valence-corrected chi connectivity index (χ1v) is 3.93. The maximum absolute atomic E-state index is 11.2. The summed E-state index contributed by atoms with van der Waals surface area (Å²) < 4.78 is 2.91. The van der Waals surface area contributed by atoms with Crippen LogP contribution in [-0.2, 0) is 0 Å². The summed E-state index contributed by atoms with van der Waals surface area (Å²) in [4.78, 5) is 11.2. The zero-order valence-corrected chi connectivity index (χ0v) is 6.84. The number of nitrogens with zero attached hydrogens (tertiary/aromatic N) is 2. The summed E-state index contributed by atoms with van der Waals surface area (Å²) in [7, 11) is 0. The molecule has 0 aliphatic carbocycles. The number of pyridine rings is 1. The molecule has 0 amide bonds. The molecular formula is C9H10N2O+2. The van der Waals surface area contributed by atoms with Crippen LogP contribution in [0.4, 0.5) is 0 Å². The van der Waals surface area contributed by atoms with Crippen LogP contribution in [0.5, 0.6) is 0 Å². The number of hydrogen-bond acceptors (Lipinski definition) is 1. The summed E-state index contributed by atoms with van der Waals surface area (Å²) >= 11 is 0. The lowest BCUT2D eigenvalue weighted by molar-refractivity contribution is -0.586. The lowest BCUT2D eigenvalue weighted by Gasteiger charge is -1.92. The quantitative estimate of drug-likeness (QED) is 0.489. The molecule has 3 nitrogen and oxygen atoms in total. The summed E-state index contributed by atoms with van der Waals surface area (Å²) in [5, 5.41) is 0.922. The van der Waals surface area contributed by atoms with Gasteiger partial charge in [-0.1, -0.05) is 0 Å². The van der Waals surface area contributed by atoms with Crippen LogP contribution in [0.15, 0.2) is 24.4 Å². The molecule has 60 valence electrons. The molecule has 1 unspecified atom stereocenters. The molecule has 3 heteroatoms. The van der Waals surface area contributed by atoms with Gasteiger partial charge in [0.15, 0.2) is 6.20 Å². The molecule has 0 saturated heterocycles. The molecule has 1 aromatic heterocycles. The van der Waals surface area contributed by atoms with Crippen molar-refractivity contribution in [2.24, 2.45) is 0 Å². The van der Waals surface area contributed by atoms with Gasteiger partial charge in [-0.25, -0.2) is 0 Å². The minimum atomic E-state index is -0.0788. The summed E-state index contributed by atoms with van der Waals surface area (Å²) in [5.74, 6) is 0.